The Morgan fingerprint density at radius 1 is 1.38 bits per heavy atom. The van der Waals surface area contributed by atoms with E-state index in [-0.39, 0.29) is 16.8 Å². The Kier molecular flexibility index (Phi) is 4.27. The molecule has 3 unspecified atom stereocenters. The van der Waals surface area contributed by atoms with Gasteiger partial charge in [0.2, 0.25) is 5.91 Å². The zero-order valence-corrected chi connectivity index (χ0v) is 11.3. The second-order valence-corrected chi connectivity index (χ2v) is 5.20. The highest BCUT2D eigenvalue weighted by molar-refractivity contribution is 7.80. The van der Waals surface area contributed by atoms with Crippen molar-refractivity contribution in [3.63, 3.8) is 0 Å². The molecule has 1 amide bonds. The minimum Gasteiger partial charge on any atom is -0.393 e. The molecule has 0 saturated carbocycles. The zero-order valence-electron chi connectivity index (χ0n) is 10.4. The number of carbonyl (C=O) groups excluding carboxylic acids is 1. The number of amides is 1. The molecule has 1 saturated heterocycles. The number of thiocarbonyl (C=S) groups is 1. The van der Waals surface area contributed by atoms with Gasteiger partial charge in [0.25, 0.3) is 0 Å². The Morgan fingerprint density at radius 3 is 2.19 bits per heavy atom. The summed E-state index contributed by atoms with van der Waals surface area (Å²) >= 11 is 4.87. The number of nitrogens with zero attached hydrogens (tertiary/aromatic N) is 2. The molecule has 0 bridgehead atoms. The lowest BCUT2D eigenvalue weighted by Crippen LogP contribution is -2.57. The first kappa shape index (κ1) is 13.4. The Bertz CT molecular complexity index is 283. The fourth-order valence-corrected chi connectivity index (χ4v) is 2.08. The van der Waals surface area contributed by atoms with E-state index >= 15 is 0 Å². The van der Waals surface area contributed by atoms with Gasteiger partial charge >= 0.3 is 0 Å². The van der Waals surface area contributed by atoms with Gasteiger partial charge in [0.05, 0.1) is 10.9 Å². The van der Waals surface area contributed by atoms with Crippen LogP contribution in [-0.4, -0.2) is 52.9 Å². The van der Waals surface area contributed by atoms with E-state index in [2.05, 4.69) is 25.8 Å². The molecule has 1 rings (SSSR count). The summed E-state index contributed by atoms with van der Waals surface area (Å²) in [4.78, 5) is 16.5. The lowest BCUT2D eigenvalue weighted by molar-refractivity contribution is -0.136. The maximum Gasteiger partial charge on any atom is 0.232 e. The van der Waals surface area contributed by atoms with Gasteiger partial charge in [-0.1, -0.05) is 12.2 Å². The molecule has 4 nitrogen and oxygen atoms in total. The second-order valence-electron chi connectivity index (χ2n) is 4.73. The first-order valence-electron chi connectivity index (χ1n) is 5.64. The van der Waals surface area contributed by atoms with Gasteiger partial charge in [0.1, 0.15) is 0 Å². The molecule has 16 heavy (non-hydrogen) atoms. The van der Waals surface area contributed by atoms with E-state index in [1.807, 2.05) is 4.90 Å². The van der Waals surface area contributed by atoms with Gasteiger partial charge in [-0.25, -0.2) is 0 Å². The summed E-state index contributed by atoms with van der Waals surface area (Å²) in [5.74, 6) is -0.294. The average Bonchev–Trinajstić information content (AvgIpc) is 2.22. The van der Waals surface area contributed by atoms with Gasteiger partial charge in [-0.3, -0.25) is 9.69 Å². The Hall–Kier alpha value is -0.680. The molecule has 1 heterocycles. The van der Waals surface area contributed by atoms with E-state index in [9.17, 15) is 4.79 Å². The third kappa shape index (κ3) is 2.71. The molecule has 5 heteroatoms. The molecular formula is C11H21N3OS. The first-order valence-corrected chi connectivity index (χ1v) is 6.05. The van der Waals surface area contributed by atoms with Gasteiger partial charge in [-0.05, 0) is 27.8 Å². The fourth-order valence-electron chi connectivity index (χ4n) is 1.98. The maximum atomic E-state index is 12.1. The van der Waals surface area contributed by atoms with Crippen molar-refractivity contribution in [1.29, 1.82) is 0 Å². The minimum atomic E-state index is -0.349. The third-order valence-corrected chi connectivity index (χ3v) is 3.82. The minimum absolute atomic E-state index is 0.0549. The van der Waals surface area contributed by atoms with Crippen LogP contribution < -0.4 is 5.73 Å². The molecule has 0 radical (unpaired) electrons. The van der Waals surface area contributed by atoms with Gasteiger partial charge in [0, 0.05) is 25.2 Å². The highest BCUT2D eigenvalue weighted by Gasteiger charge is 2.31. The molecule has 2 N–H and O–H groups in total. The van der Waals surface area contributed by atoms with Crippen molar-refractivity contribution in [3.8, 4) is 0 Å². The quantitative estimate of drug-likeness (QED) is 0.716. The van der Waals surface area contributed by atoms with Gasteiger partial charge in [-0.15, -0.1) is 0 Å². The lowest BCUT2D eigenvalue weighted by atomic mass is 10.1. The molecule has 1 aliphatic rings. The van der Waals surface area contributed by atoms with Crippen molar-refractivity contribution in [2.75, 3.05) is 20.1 Å². The van der Waals surface area contributed by atoms with Crippen molar-refractivity contribution in [1.82, 2.24) is 9.80 Å². The average molecular weight is 243 g/mol. The Balaban J connectivity index is 2.68. The van der Waals surface area contributed by atoms with Crippen molar-refractivity contribution in [2.45, 2.75) is 32.9 Å². The molecule has 3 atom stereocenters. The standard InChI is InChI=1S/C11H21N3OS/c1-7-5-14(6-8(2)13(7)4)11(15)9(3)10(12)16/h7-9H,5-6H2,1-4H3,(H2,12,16). The Morgan fingerprint density at radius 2 is 1.81 bits per heavy atom. The topological polar surface area (TPSA) is 49.6 Å². The van der Waals surface area contributed by atoms with E-state index in [0.29, 0.717) is 12.1 Å². The fraction of sp³-hybridized carbons (Fsp3) is 0.818. The van der Waals surface area contributed by atoms with Crippen LogP contribution in [-0.2, 0) is 4.79 Å². The number of carbonyl (C=O) groups is 1. The number of likely N-dealkylation sites (N-methyl/N-ethyl adjacent to an activating group) is 1. The van der Waals surface area contributed by atoms with Crippen molar-refractivity contribution in [3.05, 3.63) is 0 Å². The number of nitrogens with two attached hydrogens (primary N) is 1. The van der Waals surface area contributed by atoms with E-state index in [4.69, 9.17) is 18.0 Å². The van der Waals surface area contributed by atoms with Crippen molar-refractivity contribution in [2.24, 2.45) is 11.7 Å². The van der Waals surface area contributed by atoms with Crippen LogP contribution in [0, 0.1) is 5.92 Å². The highest BCUT2D eigenvalue weighted by atomic mass is 32.1. The predicted octanol–water partition coefficient (Wildman–Crippen LogP) is 0.460. The lowest BCUT2D eigenvalue weighted by Gasteiger charge is -2.43. The number of piperazine rings is 1. The van der Waals surface area contributed by atoms with E-state index in [1.165, 1.54) is 0 Å². The van der Waals surface area contributed by atoms with Crippen LogP contribution in [0.25, 0.3) is 0 Å². The van der Waals surface area contributed by atoms with Crippen molar-refractivity contribution < 1.29 is 4.79 Å². The largest absolute Gasteiger partial charge is 0.393 e. The van der Waals surface area contributed by atoms with Crippen LogP contribution in [0.2, 0.25) is 0 Å². The Labute approximate surface area is 103 Å². The number of hydrogen-bond donors (Lipinski definition) is 1. The molecule has 0 spiro atoms. The van der Waals surface area contributed by atoms with Crippen molar-refractivity contribution >= 4 is 23.1 Å². The molecule has 0 aromatic rings. The summed E-state index contributed by atoms with van der Waals surface area (Å²) in [6.45, 7) is 7.54. The van der Waals surface area contributed by atoms with Crippen LogP contribution in [0.4, 0.5) is 0 Å². The van der Waals surface area contributed by atoms with E-state index in [1.54, 1.807) is 6.92 Å². The zero-order chi connectivity index (χ0) is 12.5. The molecule has 92 valence electrons. The molecule has 1 fully saturated rings. The summed E-state index contributed by atoms with van der Waals surface area (Å²) in [5, 5.41) is 0. The number of hydrogen-bond acceptors (Lipinski definition) is 3. The van der Waals surface area contributed by atoms with Gasteiger partial charge < -0.3 is 10.6 Å². The van der Waals surface area contributed by atoms with Crippen LogP contribution in [0.3, 0.4) is 0 Å². The normalized spacial score (nSPS) is 28.9. The first-order chi connectivity index (χ1) is 7.34. The van der Waals surface area contributed by atoms with E-state index < -0.39 is 0 Å². The maximum absolute atomic E-state index is 12.1. The third-order valence-electron chi connectivity index (χ3n) is 3.47. The van der Waals surface area contributed by atoms with Crippen LogP contribution in [0.15, 0.2) is 0 Å². The van der Waals surface area contributed by atoms with Crippen LogP contribution in [0.5, 0.6) is 0 Å². The van der Waals surface area contributed by atoms with Gasteiger partial charge in [-0.2, -0.15) is 0 Å². The summed E-state index contributed by atoms with van der Waals surface area (Å²) in [5.41, 5.74) is 5.51. The second kappa shape index (κ2) is 5.10. The van der Waals surface area contributed by atoms with Crippen LogP contribution in [0.1, 0.15) is 20.8 Å². The molecular weight excluding hydrogens is 222 g/mol. The summed E-state index contributed by atoms with van der Waals surface area (Å²) < 4.78 is 0. The predicted molar refractivity (Wildman–Crippen MR) is 69.2 cm³/mol. The highest BCUT2D eigenvalue weighted by Crippen LogP contribution is 2.15. The molecule has 0 aromatic heterocycles. The van der Waals surface area contributed by atoms with Crippen LogP contribution >= 0.6 is 12.2 Å². The summed E-state index contributed by atoms with van der Waals surface area (Å²) in [6.07, 6.45) is 0. The van der Waals surface area contributed by atoms with Gasteiger partial charge in [0.15, 0.2) is 0 Å². The smallest absolute Gasteiger partial charge is 0.232 e. The SMILES string of the molecule is CC(C(=O)N1CC(C)N(C)C(C)C1)C(N)=S. The summed E-state index contributed by atoms with van der Waals surface area (Å²) in [6, 6.07) is 0.762. The summed E-state index contributed by atoms with van der Waals surface area (Å²) in [7, 11) is 2.09. The monoisotopic (exact) mass is 243 g/mol. The molecule has 0 aromatic carbocycles. The molecule has 0 aliphatic carbocycles. The van der Waals surface area contributed by atoms with E-state index in [0.717, 1.165) is 13.1 Å². The number of rotatable bonds is 2. The molecule has 1 aliphatic heterocycles.